The molecule has 2 aliphatic heterocycles. The number of hydrogen-bond donors (Lipinski definition) is 0. The lowest BCUT2D eigenvalue weighted by atomic mass is 10.2. The number of nitrogens with zero attached hydrogens (tertiary/aromatic N) is 4. The highest BCUT2D eigenvalue weighted by molar-refractivity contribution is 7.92. The molecule has 1 fully saturated rings. The number of sulfonamides is 1. The maximum atomic E-state index is 13.1. The van der Waals surface area contributed by atoms with Gasteiger partial charge in [-0.3, -0.25) is 4.79 Å². The van der Waals surface area contributed by atoms with Crippen molar-refractivity contribution in [3.05, 3.63) is 55.8 Å². The summed E-state index contributed by atoms with van der Waals surface area (Å²) >= 11 is 7.15. The summed E-state index contributed by atoms with van der Waals surface area (Å²) in [4.78, 5) is 34.2. The normalized spacial score (nSPS) is 17.3. The Bertz CT molecular complexity index is 1260. The van der Waals surface area contributed by atoms with Gasteiger partial charge in [0.25, 0.3) is 5.91 Å². The van der Waals surface area contributed by atoms with Crippen LogP contribution in [0.15, 0.2) is 29.7 Å². The number of benzene rings is 1. The molecule has 194 valence electrons. The van der Waals surface area contributed by atoms with E-state index in [2.05, 4.69) is 4.98 Å². The van der Waals surface area contributed by atoms with Gasteiger partial charge in [-0.1, -0.05) is 23.7 Å². The molecule has 9 nitrogen and oxygen atoms in total. The van der Waals surface area contributed by atoms with Crippen LogP contribution in [0.3, 0.4) is 0 Å². The topological polar surface area (TPSA) is 100 Å². The molecule has 0 aliphatic carbocycles. The fourth-order valence-corrected chi connectivity index (χ4v) is 6.27. The molecule has 36 heavy (non-hydrogen) atoms. The first-order chi connectivity index (χ1) is 16.9. The highest BCUT2D eigenvalue weighted by Crippen LogP contribution is 2.27. The van der Waals surface area contributed by atoms with Crippen molar-refractivity contribution >= 4 is 51.0 Å². The van der Waals surface area contributed by atoms with Crippen LogP contribution in [0.1, 0.15) is 46.7 Å². The van der Waals surface area contributed by atoms with Crippen molar-refractivity contribution in [2.24, 2.45) is 0 Å². The maximum absolute atomic E-state index is 13.1. The largest absolute Gasteiger partial charge is 0.444 e. The Balaban J connectivity index is 1.34. The fourth-order valence-electron chi connectivity index (χ4n) is 3.87. The Hall–Kier alpha value is -2.47. The van der Waals surface area contributed by atoms with Gasteiger partial charge >= 0.3 is 6.09 Å². The summed E-state index contributed by atoms with van der Waals surface area (Å²) in [5.74, 6) is -0.216. The summed E-state index contributed by atoms with van der Waals surface area (Å²) in [6.45, 7) is 7.29. The molecule has 0 spiro atoms. The molecular formula is C24H29ClN4O5S2. The molecule has 0 radical (unpaired) electrons. The fraction of sp³-hybridized carbons (Fsp3) is 0.458. The quantitative estimate of drug-likeness (QED) is 0.571. The van der Waals surface area contributed by atoms with Gasteiger partial charge in [0.05, 0.1) is 12.2 Å². The standard InChI is InChI=1S/C24H29ClN4O5S2/c1-24(2,3)34-23(31)28-10-8-19-20(16-28)35-21(26-19)22(30)27-11-13-29(14-12-27)36(32,33)15-9-17-4-6-18(25)7-5-17/h4-7,9,15H,8,10-14,16H2,1-3H3/b15-9+. The molecule has 2 aromatic rings. The predicted molar refractivity (Wildman–Crippen MR) is 139 cm³/mol. The zero-order chi connectivity index (χ0) is 26.1. The van der Waals surface area contributed by atoms with Gasteiger partial charge in [-0.05, 0) is 44.5 Å². The van der Waals surface area contributed by atoms with E-state index in [9.17, 15) is 18.0 Å². The molecule has 1 aromatic carbocycles. The van der Waals surface area contributed by atoms with Crippen molar-refractivity contribution in [2.45, 2.75) is 39.3 Å². The lowest BCUT2D eigenvalue weighted by Gasteiger charge is -2.32. The molecule has 12 heteroatoms. The van der Waals surface area contributed by atoms with Crippen molar-refractivity contribution in [3.63, 3.8) is 0 Å². The van der Waals surface area contributed by atoms with E-state index in [0.717, 1.165) is 16.1 Å². The first-order valence-corrected chi connectivity index (χ1v) is 14.3. The third kappa shape index (κ3) is 6.44. The van der Waals surface area contributed by atoms with Crippen molar-refractivity contribution < 1.29 is 22.7 Å². The second-order valence-electron chi connectivity index (χ2n) is 9.63. The van der Waals surface area contributed by atoms with E-state index in [1.54, 1.807) is 34.1 Å². The van der Waals surface area contributed by atoms with Gasteiger partial charge in [0.1, 0.15) is 5.60 Å². The van der Waals surface area contributed by atoms with Gasteiger partial charge < -0.3 is 14.5 Å². The van der Waals surface area contributed by atoms with Crippen molar-refractivity contribution in [2.75, 3.05) is 32.7 Å². The summed E-state index contributed by atoms with van der Waals surface area (Å²) < 4.78 is 32.3. The first kappa shape index (κ1) is 26.6. The van der Waals surface area contributed by atoms with Crippen LogP contribution in [0.2, 0.25) is 5.02 Å². The molecule has 0 unspecified atom stereocenters. The van der Waals surface area contributed by atoms with E-state index in [1.165, 1.54) is 27.1 Å². The third-order valence-electron chi connectivity index (χ3n) is 5.75. The van der Waals surface area contributed by atoms with Gasteiger partial charge in [0, 0.05) is 54.5 Å². The minimum atomic E-state index is -3.62. The monoisotopic (exact) mass is 552 g/mol. The predicted octanol–water partition coefficient (Wildman–Crippen LogP) is 3.85. The van der Waals surface area contributed by atoms with Crippen LogP contribution in [-0.2, 0) is 27.7 Å². The molecule has 4 rings (SSSR count). The number of fused-ring (bicyclic) bond motifs is 1. The molecule has 2 aliphatic rings. The van der Waals surface area contributed by atoms with Crippen LogP contribution >= 0.6 is 22.9 Å². The molecule has 0 atom stereocenters. The SMILES string of the molecule is CC(C)(C)OC(=O)N1CCc2nc(C(=O)N3CCN(S(=O)(=O)/C=C/c4ccc(Cl)cc4)CC3)sc2C1. The minimum absolute atomic E-state index is 0.205. The molecule has 0 N–H and O–H groups in total. The van der Waals surface area contributed by atoms with E-state index in [0.29, 0.717) is 29.5 Å². The Kier molecular flexibility index (Phi) is 7.75. The van der Waals surface area contributed by atoms with Crippen LogP contribution in [0.25, 0.3) is 6.08 Å². The van der Waals surface area contributed by atoms with E-state index < -0.39 is 15.6 Å². The zero-order valence-corrected chi connectivity index (χ0v) is 22.8. The summed E-state index contributed by atoms with van der Waals surface area (Å²) in [6.07, 6.45) is 1.71. The number of amides is 2. The van der Waals surface area contributed by atoms with Crippen LogP contribution in [0.5, 0.6) is 0 Å². The van der Waals surface area contributed by atoms with Gasteiger partial charge in [-0.25, -0.2) is 18.2 Å². The van der Waals surface area contributed by atoms with Gasteiger partial charge in [-0.15, -0.1) is 11.3 Å². The summed E-state index contributed by atoms with van der Waals surface area (Å²) in [7, 11) is -3.62. The van der Waals surface area contributed by atoms with E-state index in [-0.39, 0.29) is 38.2 Å². The van der Waals surface area contributed by atoms with Crippen LogP contribution in [0, 0.1) is 0 Å². The van der Waals surface area contributed by atoms with E-state index in [1.807, 2.05) is 20.8 Å². The maximum Gasteiger partial charge on any atom is 0.410 e. The Morgan fingerprint density at radius 3 is 2.36 bits per heavy atom. The Labute approximate surface area is 220 Å². The highest BCUT2D eigenvalue weighted by Gasteiger charge is 2.32. The summed E-state index contributed by atoms with van der Waals surface area (Å²) in [5.41, 5.74) is 0.986. The lowest BCUT2D eigenvalue weighted by Crippen LogP contribution is -2.50. The Morgan fingerprint density at radius 1 is 1.06 bits per heavy atom. The van der Waals surface area contributed by atoms with Gasteiger partial charge in [-0.2, -0.15) is 4.31 Å². The van der Waals surface area contributed by atoms with Crippen LogP contribution in [-0.4, -0.2) is 77.8 Å². The Morgan fingerprint density at radius 2 is 1.72 bits per heavy atom. The molecular weight excluding hydrogens is 524 g/mol. The smallest absolute Gasteiger partial charge is 0.410 e. The number of carbonyl (C=O) groups is 2. The molecule has 1 aromatic heterocycles. The zero-order valence-electron chi connectivity index (χ0n) is 20.4. The van der Waals surface area contributed by atoms with E-state index >= 15 is 0 Å². The molecule has 1 saturated heterocycles. The molecule has 0 bridgehead atoms. The molecule has 2 amide bonds. The second-order valence-corrected chi connectivity index (χ2v) is 13.0. The van der Waals surface area contributed by atoms with Crippen LogP contribution in [0.4, 0.5) is 4.79 Å². The second kappa shape index (κ2) is 10.5. The number of carbonyl (C=O) groups excluding carboxylic acids is 2. The van der Waals surface area contributed by atoms with Crippen molar-refractivity contribution in [3.8, 4) is 0 Å². The number of thiazole rings is 1. The summed E-state index contributed by atoms with van der Waals surface area (Å²) in [6, 6.07) is 6.88. The number of rotatable bonds is 4. The van der Waals surface area contributed by atoms with Gasteiger partial charge in [0.15, 0.2) is 5.01 Å². The first-order valence-electron chi connectivity index (χ1n) is 11.6. The van der Waals surface area contributed by atoms with E-state index in [4.69, 9.17) is 16.3 Å². The average Bonchev–Trinajstić information content (AvgIpc) is 3.26. The number of halogens is 1. The molecule has 3 heterocycles. The van der Waals surface area contributed by atoms with Crippen LogP contribution < -0.4 is 0 Å². The van der Waals surface area contributed by atoms with Crippen molar-refractivity contribution in [1.82, 2.24) is 19.1 Å². The number of ether oxygens (including phenoxy) is 1. The minimum Gasteiger partial charge on any atom is -0.444 e. The number of piperazine rings is 1. The molecule has 0 saturated carbocycles. The third-order valence-corrected chi connectivity index (χ3v) is 8.64. The number of aromatic nitrogens is 1. The lowest BCUT2D eigenvalue weighted by molar-refractivity contribution is 0.0225. The summed E-state index contributed by atoms with van der Waals surface area (Å²) in [5, 5.41) is 2.13. The highest BCUT2D eigenvalue weighted by atomic mass is 35.5. The average molecular weight is 553 g/mol. The van der Waals surface area contributed by atoms with Gasteiger partial charge in [0.2, 0.25) is 10.0 Å². The van der Waals surface area contributed by atoms with Crippen molar-refractivity contribution in [1.29, 1.82) is 0 Å². The number of hydrogen-bond acceptors (Lipinski definition) is 7.